The summed E-state index contributed by atoms with van der Waals surface area (Å²) in [4.78, 5) is 79.6. The number of nitrogens with zero attached hydrogens (tertiary/aromatic N) is 2. The molecule has 4 aromatic rings. The van der Waals surface area contributed by atoms with Gasteiger partial charge in [0.05, 0.1) is 35.6 Å². The van der Waals surface area contributed by atoms with E-state index in [1.54, 1.807) is 12.1 Å². The number of aliphatic hydroxyl groups is 2. The van der Waals surface area contributed by atoms with Crippen LogP contribution in [0.25, 0.3) is 22.4 Å². The maximum atomic E-state index is 14.0. The number of carbonyl (C=O) groups excluding carboxylic acids is 3. The zero-order valence-corrected chi connectivity index (χ0v) is 35.7. The first-order valence-corrected chi connectivity index (χ1v) is 20.8. The molecular weight excluding hydrogens is 860 g/mol. The maximum absolute atomic E-state index is 14.0. The number of aromatic nitrogens is 1. The Bertz CT molecular complexity index is 2230. The number of benzene rings is 3. The van der Waals surface area contributed by atoms with E-state index in [4.69, 9.17) is 21.1 Å². The zero-order chi connectivity index (χ0) is 47.5. The molecule has 3 aromatic carbocycles. The predicted molar refractivity (Wildman–Crippen MR) is 234 cm³/mol. The fourth-order valence-electron chi connectivity index (χ4n) is 6.48. The molecule has 0 saturated carbocycles. The van der Waals surface area contributed by atoms with Crippen molar-refractivity contribution in [2.45, 2.75) is 82.7 Å². The minimum absolute atomic E-state index is 0.0939. The van der Waals surface area contributed by atoms with Gasteiger partial charge in [-0.1, -0.05) is 62.4 Å². The number of carboxylic acid groups (broad SMARTS) is 3. The van der Waals surface area contributed by atoms with Gasteiger partial charge in [0.25, 0.3) is 5.91 Å². The van der Waals surface area contributed by atoms with Crippen LogP contribution in [0.5, 0.6) is 0 Å². The molecule has 10 N–H and O–H groups in total. The minimum Gasteiger partial charge on any atom is -0.481 e. The minimum atomic E-state index is -1.33. The topological polar surface area (TPSA) is 314 Å². The van der Waals surface area contributed by atoms with Crippen molar-refractivity contribution in [2.24, 2.45) is 5.73 Å². The molecular formula is C43H51FN6O13S. The summed E-state index contributed by atoms with van der Waals surface area (Å²) in [6.07, 6.45) is -3.00. The summed E-state index contributed by atoms with van der Waals surface area (Å²) in [6, 6.07) is 22.2. The molecule has 344 valence electrons. The molecule has 3 amide bonds. The van der Waals surface area contributed by atoms with Crippen molar-refractivity contribution in [3.63, 3.8) is 0 Å². The van der Waals surface area contributed by atoms with Crippen LogP contribution in [0.1, 0.15) is 67.9 Å². The molecule has 19 nitrogen and oxygen atoms in total. The van der Waals surface area contributed by atoms with Crippen LogP contribution in [-0.2, 0) is 30.5 Å². The fourth-order valence-corrected chi connectivity index (χ4v) is 6.99. The molecule has 0 unspecified atom stereocenters. The number of carboxylic acids is 3. The van der Waals surface area contributed by atoms with E-state index in [0.29, 0.717) is 28.1 Å². The van der Waals surface area contributed by atoms with E-state index >= 15 is 0 Å². The Morgan fingerprint density at radius 3 is 2.00 bits per heavy atom. The third-order valence-corrected chi connectivity index (χ3v) is 10.0. The van der Waals surface area contributed by atoms with Crippen LogP contribution >= 0.6 is 11.9 Å². The van der Waals surface area contributed by atoms with Gasteiger partial charge in [-0.05, 0) is 72.7 Å². The fraction of sp³-hybridized carbons (Fsp3) is 0.349. The van der Waals surface area contributed by atoms with E-state index in [1.807, 2.05) is 84.4 Å². The highest BCUT2D eigenvalue weighted by Gasteiger charge is 2.31. The summed E-state index contributed by atoms with van der Waals surface area (Å²) in [6.45, 7) is 3.54. The number of rotatable bonds is 23. The summed E-state index contributed by atoms with van der Waals surface area (Å²) >= 11 is 0.154. The Morgan fingerprint density at radius 2 is 1.45 bits per heavy atom. The lowest BCUT2D eigenvalue weighted by Gasteiger charge is -2.20. The Balaban J connectivity index is 0.000000404. The Morgan fingerprint density at radius 1 is 0.844 bits per heavy atom. The molecule has 0 fully saturated rings. The number of halogens is 1. The second-order valence-corrected chi connectivity index (χ2v) is 15.5. The zero-order valence-electron chi connectivity index (χ0n) is 34.9. The monoisotopic (exact) mass is 910 g/mol. The smallest absolute Gasteiger partial charge is 0.322 e. The number of carbonyl (C=O) groups is 6. The Kier molecular flexibility index (Phi) is 20.5. The van der Waals surface area contributed by atoms with Crippen LogP contribution in [0.3, 0.4) is 0 Å². The molecule has 0 aliphatic carbocycles. The number of nitrogens with one attached hydrogen (secondary N) is 3. The van der Waals surface area contributed by atoms with Crippen LogP contribution in [0, 0.1) is 15.9 Å². The summed E-state index contributed by atoms with van der Waals surface area (Å²) in [7, 11) is 0. The maximum Gasteiger partial charge on any atom is 0.322 e. The quantitative estimate of drug-likeness (QED) is 0.0287. The molecule has 0 spiro atoms. The van der Waals surface area contributed by atoms with Gasteiger partial charge in [0.2, 0.25) is 23.8 Å². The summed E-state index contributed by atoms with van der Waals surface area (Å²) in [5, 5.41) is 64.3. The van der Waals surface area contributed by atoms with Gasteiger partial charge < -0.3 is 51.8 Å². The van der Waals surface area contributed by atoms with E-state index in [1.165, 1.54) is 12.1 Å². The largest absolute Gasteiger partial charge is 0.481 e. The lowest BCUT2D eigenvalue weighted by atomic mass is 9.94. The molecule has 4 rings (SSSR count). The number of hydrogen-bond donors (Lipinski definition) is 9. The Labute approximate surface area is 371 Å². The van der Waals surface area contributed by atoms with Gasteiger partial charge in [0.15, 0.2) is 0 Å². The molecule has 0 aliphatic rings. The van der Waals surface area contributed by atoms with Crippen molar-refractivity contribution in [1.29, 1.82) is 0 Å². The number of nitro groups is 1. The molecule has 1 aromatic heterocycles. The highest BCUT2D eigenvalue weighted by atomic mass is 32.2. The summed E-state index contributed by atoms with van der Waals surface area (Å²) < 4.78 is 15.2. The van der Waals surface area contributed by atoms with Crippen molar-refractivity contribution in [2.75, 3.05) is 17.6 Å². The number of aliphatic carboxylic acids is 3. The van der Waals surface area contributed by atoms with Gasteiger partial charge in [-0.15, -0.1) is 0 Å². The molecule has 4 atom stereocenters. The molecule has 0 bridgehead atoms. The van der Waals surface area contributed by atoms with Crippen molar-refractivity contribution in [3.8, 4) is 22.4 Å². The number of amides is 3. The first-order valence-electron chi connectivity index (χ1n) is 19.8. The van der Waals surface area contributed by atoms with Crippen molar-refractivity contribution in [3.05, 3.63) is 112 Å². The SMILES string of the molecule is CC(C)c1c(C(=O)Nc2ccccc2)c(-c2ccccc2)c(-c2ccc(F)cc2)n1CC[C@@H](O)C[C@@H](O)CC(=O)O.N[C@H](CCC(=O)N[C@@H](CS[N+](=O)[O-])C(=O)NCC(=O)O)C(=O)O. The third-order valence-electron chi connectivity index (χ3n) is 9.34. The van der Waals surface area contributed by atoms with Crippen LogP contribution in [-0.4, -0.2) is 107 Å². The number of hydrogen-bond acceptors (Lipinski definition) is 12. The lowest BCUT2D eigenvalue weighted by molar-refractivity contribution is -0.284. The molecule has 0 saturated heterocycles. The predicted octanol–water partition coefficient (Wildman–Crippen LogP) is 4.10. The van der Waals surface area contributed by atoms with Crippen molar-refractivity contribution >= 4 is 53.3 Å². The van der Waals surface area contributed by atoms with E-state index < -0.39 is 77.1 Å². The normalized spacial score (nSPS) is 12.7. The Hall–Kier alpha value is -6.68. The van der Waals surface area contributed by atoms with Crippen LogP contribution in [0.4, 0.5) is 10.1 Å². The molecule has 1 heterocycles. The average molecular weight is 911 g/mol. The highest BCUT2D eigenvalue weighted by Crippen LogP contribution is 2.42. The second-order valence-electron chi connectivity index (χ2n) is 14.6. The second kappa shape index (κ2) is 25.4. The van der Waals surface area contributed by atoms with Crippen molar-refractivity contribution < 1.29 is 63.0 Å². The van der Waals surface area contributed by atoms with E-state index in [9.17, 15) is 53.5 Å². The number of aliphatic hydroxyl groups excluding tert-OH is 2. The van der Waals surface area contributed by atoms with Gasteiger partial charge in [-0.25, -0.2) is 4.39 Å². The van der Waals surface area contributed by atoms with Crippen LogP contribution in [0.15, 0.2) is 84.9 Å². The summed E-state index contributed by atoms with van der Waals surface area (Å²) in [5.74, 6) is -6.61. The third kappa shape index (κ3) is 16.5. The van der Waals surface area contributed by atoms with Gasteiger partial charge in [0.1, 0.15) is 28.8 Å². The van der Waals surface area contributed by atoms with Crippen LogP contribution < -0.4 is 21.7 Å². The first kappa shape index (κ1) is 51.7. The van der Waals surface area contributed by atoms with Gasteiger partial charge in [-0.2, -0.15) is 0 Å². The number of para-hydroxylation sites is 1. The molecule has 64 heavy (non-hydrogen) atoms. The highest BCUT2D eigenvalue weighted by molar-refractivity contribution is 7.93. The first-order chi connectivity index (χ1) is 30.3. The average Bonchev–Trinajstić information content (AvgIpc) is 3.59. The lowest BCUT2D eigenvalue weighted by Crippen LogP contribution is -2.49. The molecule has 0 radical (unpaired) electrons. The number of anilines is 1. The van der Waals surface area contributed by atoms with E-state index in [2.05, 4.69) is 10.6 Å². The molecule has 0 aliphatic heterocycles. The number of nitrogens with two attached hydrogens (primary N) is 1. The van der Waals surface area contributed by atoms with Gasteiger partial charge in [-0.3, -0.25) is 38.9 Å². The van der Waals surface area contributed by atoms with Crippen LogP contribution in [0.2, 0.25) is 0 Å². The standard InChI is InChI=1S/C33H35FN2O5.C10H16N4O8S/c1-21(2)31-30(33(41)35-25-11-7-4-8-12-25)29(22-9-5-3-6-10-22)32(23-13-15-24(34)16-14-23)36(31)18-17-26(37)19-27(38)20-28(39)40;11-5(10(19)20)1-2-7(15)13-6(4-23-14(21)22)9(18)12-3-8(16)17/h3-16,21,26-27,37-38H,17-20H2,1-2H3,(H,35,41)(H,39,40);5-6H,1-4,11H2,(H,12,18)(H,13,15)(H,16,17)(H,19,20)/t26-,27-;5-,6+/m11/s1. The van der Waals surface area contributed by atoms with Gasteiger partial charge in [0, 0.05) is 29.9 Å². The van der Waals surface area contributed by atoms with Gasteiger partial charge >= 0.3 is 17.9 Å². The summed E-state index contributed by atoms with van der Waals surface area (Å²) in [5.41, 5.74) is 9.99. The molecule has 21 heteroatoms. The van der Waals surface area contributed by atoms with E-state index in [0.717, 1.165) is 11.3 Å². The van der Waals surface area contributed by atoms with E-state index in [-0.39, 0.29) is 61.8 Å². The van der Waals surface area contributed by atoms with Crippen molar-refractivity contribution in [1.82, 2.24) is 15.2 Å².